The van der Waals surface area contributed by atoms with Crippen LogP contribution >= 0.6 is 11.6 Å². The Morgan fingerprint density at radius 1 is 1.45 bits per heavy atom. The minimum Gasteiger partial charge on any atom is -0.409 e. The number of nitrogens with zero attached hydrogens (tertiary/aromatic N) is 6. The molecule has 0 saturated heterocycles. The van der Waals surface area contributed by atoms with Crippen molar-refractivity contribution in [2.24, 2.45) is 10.3 Å². The number of benzene rings is 1. The maximum atomic E-state index is 9.15. The smallest absolute Gasteiger partial charge is 0.203 e. The summed E-state index contributed by atoms with van der Waals surface area (Å²) in [4.78, 5) is 2.63. The summed E-state index contributed by atoms with van der Waals surface area (Å²) < 4.78 is 4.62. The van der Waals surface area contributed by atoms with Crippen molar-refractivity contribution in [3.05, 3.63) is 45.4 Å². The van der Waals surface area contributed by atoms with Crippen LogP contribution in [-0.4, -0.2) is 34.4 Å². The summed E-state index contributed by atoms with van der Waals surface area (Å²) in [5, 5.41) is 29.2. The van der Waals surface area contributed by atoms with Crippen LogP contribution in [0.3, 0.4) is 0 Å². The number of nitrogens with one attached hydrogen (secondary N) is 2. The number of halogens is 1. The lowest BCUT2D eigenvalue weighted by molar-refractivity contribution is 0.305. The molecule has 0 atom stereocenters. The molecule has 3 N–H and O–H groups in total. The zero-order chi connectivity index (χ0) is 15.8. The van der Waals surface area contributed by atoms with Gasteiger partial charge in [0.05, 0.1) is 0 Å². The van der Waals surface area contributed by atoms with E-state index < -0.39 is 0 Å². The van der Waals surface area contributed by atoms with E-state index in [4.69, 9.17) is 22.3 Å². The van der Waals surface area contributed by atoms with Gasteiger partial charge < -0.3 is 15.8 Å². The quantitative estimate of drug-likeness (QED) is 0.109. The van der Waals surface area contributed by atoms with Crippen LogP contribution in [-0.2, 0) is 0 Å². The molecule has 2 aromatic rings. The molecule has 0 fully saturated rings. The lowest BCUT2D eigenvalue weighted by Gasteiger charge is -2.07. The van der Waals surface area contributed by atoms with Gasteiger partial charge in [0, 0.05) is 28.7 Å². The van der Waals surface area contributed by atoms with Crippen LogP contribution < -0.4 is 10.6 Å². The minimum atomic E-state index is 0.0230. The first-order valence-corrected chi connectivity index (χ1v) is 6.44. The van der Waals surface area contributed by atoms with Crippen molar-refractivity contribution in [3.8, 4) is 0 Å². The molecule has 2 rings (SSSR count). The summed E-state index contributed by atoms with van der Waals surface area (Å²) in [5.41, 5.74) is 8.97. The van der Waals surface area contributed by atoms with E-state index in [0.29, 0.717) is 17.3 Å². The Balaban J connectivity index is 2.11. The highest BCUT2D eigenvalue weighted by atomic mass is 35.5. The lowest BCUT2D eigenvalue weighted by Crippen LogP contribution is -2.17. The van der Waals surface area contributed by atoms with Crippen molar-refractivity contribution >= 4 is 28.9 Å². The number of rotatable bonds is 6. The number of anilines is 2. The average Bonchev–Trinajstić information content (AvgIpc) is 2.97. The molecule has 10 nitrogen and oxygen atoms in total. The Kier molecular flexibility index (Phi) is 5.41. The molecule has 0 amide bonds. The van der Waals surface area contributed by atoms with Crippen LogP contribution in [0.1, 0.15) is 5.69 Å². The van der Waals surface area contributed by atoms with E-state index >= 15 is 0 Å². The van der Waals surface area contributed by atoms with Crippen molar-refractivity contribution in [3.63, 3.8) is 0 Å². The third-order valence-corrected chi connectivity index (χ3v) is 2.70. The van der Waals surface area contributed by atoms with Gasteiger partial charge in [-0.25, -0.2) is 4.63 Å². The first kappa shape index (κ1) is 15.4. The summed E-state index contributed by atoms with van der Waals surface area (Å²) in [7, 11) is 0. The van der Waals surface area contributed by atoms with Crippen molar-refractivity contribution < 1.29 is 9.84 Å². The monoisotopic (exact) mass is 322 g/mol. The summed E-state index contributed by atoms with van der Waals surface area (Å²) >= 11 is 5.88. The molecule has 11 heteroatoms. The lowest BCUT2D eigenvalue weighted by atomic mass is 10.3. The van der Waals surface area contributed by atoms with Crippen LogP contribution in [0.5, 0.6) is 0 Å². The standard InChI is InChI=1S/C11H11ClN8O2/c12-7-2-1-3-8(6-7)16-11(17-21)9-10(19-22-18-9)14-4-5-15-20-13/h1-3,6,21H,4-5H2,(H,14,19)(H,16,17). The molecule has 0 spiro atoms. The van der Waals surface area contributed by atoms with Crippen LogP contribution in [0.25, 0.3) is 10.4 Å². The molecule has 114 valence electrons. The van der Waals surface area contributed by atoms with Crippen LogP contribution in [0.2, 0.25) is 5.02 Å². The number of oxime groups is 1. The van der Waals surface area contributed by atoms with Crippen molar-refractivity contribution in [1.82, 2.24) is 10.3 Å². The third-order valence-electron chi connectivity index (χ3n) is 2.47. The molecule has 0 radical (unpaired) electrons. The fourth-order valence-electron chi connectivity index (χ4n) is 1.56. The molecule has 1 heterocycles. The van der Waals surface area contributed by atoms with Crippen molar-refractivity contribution in [1.29, 1.82) is 0 Å². The highest BCUT2D eigenvalue weighted by molar-refractivity contribution is 6.31. The molecular weight excluding hydrogens is 312 g/mol. The number of hydrogen-bond acceptors (Lipinski definition) is 7. The van der Waals surface area contributed by atoms with Crippen LogP contribution in [0.15, 0.2) is 39.2 Å². The summed E-state index contributed by atoms with van der Waals surface area (Å²) in [6, 6.07) is 6.83. The number of azide groups is 1. The van der Waals surface area contributed by atoms with Crippen LogP contribution in [0.4, 0.5) is 11.5 Å². The number of amidine groups is 1. The Morgan fingerprint density at radius 2 is 2.32 bits per heavy atom. The summed E-state index contributed by atoms with van der Waals surface area (Å²) in [6.07, 6.45) is 0. The Morgan fingerprint density at radius 3 is 3.05 bits per heavy atom. The topological polar surface area (TPSA) is 144 Å². The largest absolute Gasteiger partial charge is 0.409 e. The molecule has 1 aromatic carbocycles. The van der Waals surface area contributed by atoms with E-state index in [9.17, 15) is 0 Å². The van der Waals surface area contributed by atoms with Gasteiger partial charge in [0.2, 0.25) is 11.7 Å². The fraction of sp³-hybridized carbons (Fsp3) is 0.182. The van der Waals surface area contributed by atoms with Crippen molar-refractivity contribution in [2.75, 3.05) is 23.7 Å². The average molecular weight is 323 g/mol. The van der Waals surface area contributed by atoms with E-state index in [-0.39, 0.29) is 23.9 Å². The fourth-order valence-corrected chi connectivity index (χ4v) is 1.75. The normalized spacial score (nSPS) is 10.9. The van der Waals surface area contributed by atoms with E-state index in [1.807, 2.05) is 0 Å². The zero-order valence-electron chi connectivity index (χ0n) is 11.1. The van der Waals surface area contributed by atoms with Crippen LogP contribution in [0, 0.1) is 0 Å². The Bertz CT molecular complexity index is 710. The maximum absolute atomic E-state index is 9.15. The first-order chi connectivity index (χ1) is 10.7. The van der Waals surface area contributed by atoms with E-state index in [1.54, 1.807) is 24.3 Å². The highest BCUT2D eigenvalue weighted by Crippen LogP contribution is 2.17. The number of aromatic nitrogens is 2. The highest BCUT2D eigenvalue weighted by Gasteiger charge is 2.17. The molecule has 0 aliphatic carbocycles. The van der Waals surface area contributed by atoms with Gasteiger partial charge in [0.25, 0.3) is 0 Å². The first-order valence-electron chi connectivity index (χ1n) is 6.07. The van der Waals surface area contributed by atoms with Crippen molar-refractivity contribution in [2.45, 2.75) is 0 Å². The maximum Gasteiger partial charge on any atom is 0.203 e. The second-order valence-corrected chi connectivity index (χ2v) is 4.36. The van der Waals surface area contributed by atoms with Gasteiger partial charge in [0.1, 0.15) is 0 Å². The minimum absolute atomic E-state index is 0.0230. The summed E-state index contributed by atoms with van der Waals surface area (Å²) in [5.74, 6) is 0.269. The Labute approximate surface area is 129 Å². The Hall–Kier alpha value is -2.97. The molecule has 22 heavy (non-hydrogen) atoms. The predicted octanol–water partition coefficient (Wildman–Crippen LogP) is 2.69. The van der Waals surface area contributed by atoms with Gasteiger partial charge >= 0.3 is 0 Å². The molecule has 0 bridgehead atoms. The van der Waals surface area contributed by atoms with E-state index in [0.717, 1.165) is 0 Å². The SMILES string of the molecule is [N-]=[N+]=NCCNc1nonc1C(=NO)Nc1cccc(Cl)c1. The van der Waals surface area contributed by atoms with Gasteiger partial charge in [-0.05, 0) is 34.0 Å². The van der Waals surface area contributed by atoms with E-state index in [1.165, 1.54) is 0 Å². The van der Waals surface area contributed by atoms with Gasteiger partial charge in [-0.1, -0.05) is 27.9 Å². The van der Waals surface area contributed by atoms with Gasteiger partial charge in [0.15, 0.2) is 5.69 Å². The van der Waals surface area contributed by atoms with Gasteiger partial charge in [-0.2, -0.15) is 0 Å². The number of hydrogen-bond donors (Lipinski definition) is 3. The van der Waals surface area contributed by atoms with Gasteiger partial charge in [-0.15, -0.1) is 0 Å². The second-order valence-electron chi connectivity index (χ2n) is 3.93. The predicted molar refractivity (Wildman–Crippen MR) is 80.2 cm³/mol. The third kappa shape index (κ3) is 4.01. The molecule has 0 unspecified atom stereocenters. The molecule has 0 saturated carbocycles. The summed E-state index contributed by atoms with van der Waals surface area (Å²) in [6.45, 7) is 0.539. The second kappa shape index (κ2) is 7.72. The van der Waals surface area contributed by atoms with E-state index in [2.05, 4.69) is 40.8 Å². The molecule has 1 aromatic heterocycles. The molecular formula is C11H11ClN8O2. The van der Waals surface area contributed by atoms with Gasteiger partial charge in [-0.3, -0.25) is 0 Å². The molecule has 0 aliphatic heterocycles. The molecule has 0 aliphatic rings. The zero-order valence-corrected chi connectivity index (χ0v) is 11.9.